The summed E-state index contributed by atoms with van der Waals surface area (Å²) in [6, 6.07) is 4.60. The molecular weight excluding hydrogens is 365 g/mol. The number of aromatic nitrogens is 1. The Kier molecular flexibility index (Phi) is 3.91. The maximum atomic E-state index is 12.8. The molecule has 0 N–H and O–H groups in total. The Hall–Kier alpha value is -1.94. The van der Waals surface area contributed by atoms with Crippen molar-refractivity contribution in [3.63, 3.8) is 0 Å². The quantitative estimate of drug-likeness (QED) is 0.808. The molecule has 0 radical (unpaired) electrons. The van der Waals surface area contributed by atoms with Crippen LogP contribution >= 0.6 is 11.3 Å². The lowest BCUT2D eigenvalue weighted by molar-refractivity contribution is -0.137. The second kappa shape index (κ2) is 5.55. The van der Waals surface area contributed by atoms with E-state index in [1.54, 1.807) is 6.92 Å². The van der Waals surface area contributed by atoms with Gasteiger partial charge in [0, 0.05) is 0 Å². The lowest BCUT2D eigenvalue weighted by Crippen LogP contribution is -2.39. The number of thiazole rings is 1. The smallest absolute Gasteiger partial charge is 0.296 e. The van der Waals surface area contributed by atoms with Crippen molar-refractivity contribution in [2.24, 2.45) is 0 Å². The minimum atomic E-state index is -4.49. The Morgan fingerprint density at radius 1 is 1.33 bits per heavy atom. The summed E-state index contributed by atoms with van der Waals surface area (Å²) >= 11 is 1.03. The molecule has 0 saturated heterocycles. The van der Waals surface area contributed by atoms with Crippen LogP contribution in [0.5, 0.6) is 0 Å². The number of benzene rings is 1. The van der Waals surface area contributed by atoms with Crippen LogP contribution in [-0.2, 0) is 27.4 Å². The summed E-state index contributed by atoms with van der Waals surface area (Å²) in [4.78, 5) is 17.3. The number of fused-ring (bicyclic) bond motifs is 1. The third kappa shape index (κ3) is 3.03. The zero-order valence-corrected chi connectivity index (χ0v) is 13.9. The lowest BCUT2D eigenvalue weighted by atomic mass is 10.1. The Morgan fingerprint density at radius 3 is 2.71 bits per heavy atom. The number of amides is 1. The van der Waals surface area contributed by atoms with Crippen LogP contribution in [0.3, 0.4) is 0 Å². The molecule has 2 heterocycles. The van der Waals surface area contributed by atoms with Crippen LogP contribution in [0, 0.1) is 6.92 Å². The largest absolute Gasteiger partial charge is 0.416 e. The molecule has 0 spiro atoms. The normalized spacial score (nSPS) is 17.0. The average molecular weight is 376 g/mol. The molecule has 1 amide bonds. The topological polar surface area (TPSA) is 67.3 Å². The number of nitrogens with zero attached hydrogens (tertiary/aromatic N) is 2. The van der Waals surface area contributed by atoms with Crippen molar-refractivity contribution < 1.29 is 26.4 Å². The molecule has 1 aromatic heterocycles. The van der Waals surface area contributed by atoms with Crippen molar-refractivity contribution in [2.45, 2.75) is 24.7 Å². The van der Waals surface area contributed by atoms with Gasteiger partial charge in [0.2, 0.25) is 15.7 Å². The lowest BCUT2D eigenvalue weighted by Gasteiger charge is -2.25. The van der Waals surface area contributed by atoms with Gasteiger partial charge < -0.3 is 0 Å². The van der Waals surface area contributed by atoms with Crippen molar-refractivity contribution >= 4 is 32.1 Å². The molecule has 3 rings (SSSR count). The molecule has 1 aliphatic rings. The summed E-state index contributed by atoms with van der Waals surface area (Å²) in [5, 5.41) is 0.435. The number of carbonyl (C=O) groups excluding carboxylic acids is 1. The third-order valence-electron chi connectivity index (χ3n) is 3.44. The number of sulfone groups is 1. The summed E-state index contributed by atoms with van der Waals surface area (Å²) in [5.41, 5.74) is -0.563. The Balaban J connectivity index is 2.00. The van der Waals surface area contributed by atoms with E-state index in [2.05, 4.69) is 4.98 Å². The Morgan fingerprint density at radius 2 is 2.04 bits per heavy atom. The van der Waals surface area contributed by atoms with E-state index in [9.17, 15) is 26.4 Å². The fourth-order valence-corrected chi connectivity index (χ4v) is 5.04. The molecule has 10 heteroatoms. The van der Waals surface area contributed by atoms with E-state index in [4.69, 9.17) is 0 Å². The Bertz CT molecular complexity index is 920. The highest BCUT2D eigenvalue weighted by Crippen LogP contribution is 2.37. The highest BCUT2D eigenvalue weighted by Gasteiger charge is 2.38. The first-order valence-corrected chi connectivity index (χ1v) is 9.21. The van der Waals surface area contributed by atoms with Crippen molar-refractivity contribution in [3.05, 3.63) is 40.4 Å². The van der Waals surface area contributed by atoms with Gasteiger partial charge >= 0.3 is 6.18 Å². The van der Waals surface area contributed by atoms with Gasteiger partial charge in [-0.05, 0) is 24.6 Å². The molecule has 0 saturated carbocycles. The summed E-state index contributed by atoms with van der Waals surface area (Å²) < 4.78 is 62.5. The van der Waals surface area contributed by atoms with Crippen LogP contribution in [0.25, 0.3) is 0 Å². The predicted molar refractivity (Wildman–Crippen MR) is 81.5 cm³/mol. The van der Waals surface area contributed by atoms with Crippen molar-refractivity contribution in [3.8, 4) is 0 Å². The van der Waals surface area contributed by atoms with Crippen molar-refractivity contribution in [1.82, 2.24) is 4.98 Å². The second-order valence-corrected chi connectivity index (χ2v) is 8.37. The summed E-state index contributed by atoms with van der Waals surface area (Å²) in [6.45, 7) is 1.46. The van der Waals surface area contributed by atoms with E-state index >= 15 is 0 Å². The monoisotopic (exact) mass is 376 g/mol. The van der Waals surface area contributed by atoms with Gasteiger partial charge in [-0.3, -0.25) is 9.69 Å². The first-order chi connectivity index (χ1) is 11.1. The number of hydrogen-bond acceptors (Lipinski definition) is 5. The number of hydrogen-bond donors (Lipinski definition) is 0. The molecule has 0 aliphatic carbocycles. The molecule has 0 atom stereocenters. The van der Waals surface area contributed by atoms with Gasteiger partial charge in [0.25, 0.3) is 0 Å². The zero-order chi connectivity index (χ0) is 17.7. The second-order valence-electron chi connectivity index (χ2n) is 5.28. The van der Waals surface area contributed by atoms with Gasteiger partial charge in [-0.2, -0.15) is 13.2 Å². The first kappa shape index (κ1) is 16.9. The van der Waals surface area contributed by atoms with Crippen LogP contribution in [-0.4, -0.2) is 25.1 Å². The van der Waals surface area contributed by atoms with Crippen LogP contribution in [0.4, 0.5) is 18.2 Å². The van der Waals surface area contributed by atoms with Gasteiger partial charge in [-0.15, -0.1) is 11.3 Å². The van der Waals surface area contributed by atoms with E-state index < -0.39 is 33.2 Å². The summed E-state index contributed by atoms with van der Waals surface area (Å²) in [7, 11) is -3.80. The minimum Gasteiger partial charge on any atom is -0.296 e. The molecular formula is C14H11F3N2O3S2. The van der Waals surface area contributed by atoms with Crippen molar-refractivity contribution in [1.29, 1.82) is 0 Å². The number of aryl methyl sites for hydroxylation is 1. The summed E-state index contributed by atoms with van der Waals surface area (Å²) in [6.07, 6.45) is -4.49. The number of rotatable bonds is 2. The fraction of sp³-hybridized carbons (Fsp3) is 0.286. The van der Waals surface area contributed by atoms with Gasteiger partial charge in [0.05, 0.1) is 17.1 Å². The average Bonchev–Trinajstić information content (AvgIpc) is 2.85. The SMILES string of the molecule is Cc1nc2c(s1)N(Cc1cccc(C(F)(F)F)c1)C(=O)CS2(=O)=O. The van der Waals surface area contributed by atoms with Gasteiger partial charge in [0.15, 0.2) is 5.03 Å². The third-order valence-corrected chi connectivity index (χ3v) is 6.06. The van der Waals surface area contributed by atoms with E-state index in [1.807, 2.05) is 0 Å². The van der Waals surface area contributed by atoms with Gasteiger partial charge in [-0.1, -0.05) is 12.1 Å². The highest BCUT2D eigenvalue weighted by atomic mass is 32.2. The fourth-order valence-electron chi connectivity index (χ4n) is 2.38. The summed E-state index contributed by atoms with van der Waals surface area (Å²) in [5.74, 6) is -1.41. The first-order valence-electron chi connectivity index (χ1n) is 6.74. The van der Waals surface area contributed by atoms with E-state index in [0.29, 0.717) is 5.01 Å². The minimum absolute atomic E-state index is 0.146. The van der Waals surface area contributed by atoms with Crippen LogP contribution in [0.15, 0.2) is 29.3 Å². The molecule has 128 valence electrons. The molecule has 0 unspecified atom stereocenters. The molecule has 1 aromatic carbocycles. The number of halogens is 3. The highest BCUT2D eigenvalue weighted by molar-refractivity contribution is 7.92. The molecule has 1 aliphatic heterocycles. The maximum Gasteiger partial charge on any atom is 0.416 e. The van der Waals surface area contributed by atoms with E-state index in [0.717, 1.165) is 23.5 Å². The van der Waals surface area contributed by atoms with Crippen LogP contribution in [0.2, 0.25) is 0 Å². The standard InChI is InChI=1S/C14H11F3N2O3S2/c1-8-18-12-13(23-8)19(11(20)7-24(12,21)22)6-9-3-2-4-10(5-9)14(15,16)17/h2-5H,6-7H2,1H3. The van der Waals surface area contributed by atoms with Gasteiger partial charge in [-0.25, -0.2) is 13.4 Å². The van der Waals surface area contributed by atoms with Crippen molar-refractivity contribution in [2.75, 3.05) is 10.7 Å². The predicted octanol–water partition coefficient (Wildman–Crippen LogP) is 2.79. The molecule has 0 fully saturated rings. The van der Waals surface area contributed by atoms with E-state index in [-0.39, 0.29) is 22.1 Å². The number of alkyl halides is 3. The molecule has 5 nitrogen and oxygen atoms in total. The van der Waals surface area contributed by atoms with Crippen LogP contribution < -0.4 is 4.90 Å². The van der Waals surface area contributed by atoms with Crippen LogP contribution in [0.1, 0.15) is 16.1 Å². The Labute approximate surface area is 139 Å². The van der Waals surface area contributed by atoms with Gasteiger partial charge in [0.1, 0.15) is 10.8 Å². The maximum absolute atomic E-state index is 12.8. The zero-order valence-electron chi connectivity index (χ0n) is 12.3. The molecule has 24 heavy (non-hydrogen) atoms. The number of anilines is 1. The number of carbonyl (C=O) groups is 1. The molecule has 0 bridgehead atoms. The molecule has 2 aromatic rings. The van der Waals surface area contributed by atoms with E-state index in [1.165, 1.54) is 17.0 Å².